The van der Waals surface area contributed by atoms with Gasteiger partial charge in [0.1, 0.15) is 0 Å². The van der Waals surface area contributed by atoms with E-state index >= 15 is 0 Å². The zero-order valence-corrected chi connectivity index (χ0v) is 12.8. The summed E-state index contributed by atoms with van der Waals surface area (Å²) >= 11 is 0. The second-order valence-corrected chi connectivity index (χ2v) is 6.76. The number of hydrogen-bond donors (Lipinski definition) is 0. The molecule has 17 heavy (non-hydrogen) atoms. The van der Waals surface area contributed by atoms with Crippen LogP contribution in [0.25, 0.3) is 0 Å². The van der Waals surface area contributed by atoms with E-state index < -0.39 is 9.52 Å². The Labute approximate surface area is 107 Å². The van der Waals surface area contributed by atoms with Gasteiger partial charge in [-0.25, -0.2) is 4.79 Å². The lowest BCUT2D eigenvalue weighted by atomic mass is 10.3. The number of rotatable bonds is 10. The summed E-state index contributed by atoms with van der Waals surface area (Å²) in [4.78, 5) is 11.2. The molecule has 0 radical (unpaired) electrons. The highest BCUT2D eigenvalue weighted by molar-refractivity contribution is 6.39. The Balaban J connectivity index is 4.18. The van der Waals surface area contributed by atoms with Gasteiger partial charge in [-0.15, -0.1) is 0 Å². The van der Waals surface area contributed by atoms with Crippen LogP contribution in [0.15, 0.2) is 12.7 Å². The molecule has 4 heteroatoms. The molecule has 0 saturated carbocycles. The summed E-state index contributed by atoms with van der Waals surface area (Å²) in [6.45, 7) is 11.3. The molecule has 0 aromatic carbocycles. The van der Waals surface area contributed by atoms with E-state index in [1.165, 1.54) is 6.08 Å². The van der Waals surface area contributed by atoms with Crippen LogP contribution in [-0.4, -0.2) is 34.4 Å². The molecule has 0 bridgehead atoms. The molecule has 3 nitrogen and oxygen atoms in total. The van der Waals surface area contributed by atoms with Crippen LogP contribution in [0.5, 0.6) is 0 Å². The summed E-state index contributed by atoms with van der Waals surface area (Å²) in [6.07, 6.45) is 4.38. The molecule has 0 aliphatic rings. The standard InChI is InChI=1S/C13H26O3Si/c1-5-9-13(16-12(14)7-3)17-11(6-2)10-15-8-4/h7,11,13H,3,5-6,8-10,17H2,1-2,4H3. The highest BCUT2D eigenvalue weighted by Gasteiger charge is 2.18. The molecule has 0 aliphatic carbocycles. The Bertz CT molecular complexity index is 219. The van der Waals surface area contributed by atoms with E-state index in [9.17, 15) is 4.79 Å². The number of hydrogen-bond acceptors (Lipinski definition) is 3. The van der Waals surface area contributed by atoms with Gasteiger partial charge >= 0.3 is 5.97 Å². The van der Waals surface area contributed by atoms with Gasteiger partial charge in [-0.2, -0.15) is 0 Å². The molecular weight excluding hydrogens is 232 g/mol. The van der Waals surface area contributed by atoms with Gasteiger partial charge in [0.05, 0.1) is 15.2 Å². The van der Waals surface area contributed by atoms with Crippen LogP contribution < -0.4 is 0 Å². The highest BCUT2D eigenvalue weighted by Crippen LogP contribution is 2.15. The fraction of sp³-hybridized carbons (Fsp3) is 0.769. The number of esters is 1. The average molecular weight is 258 g/mol. The zero-order valence-electron chi connectivity index (χ0n) is 11.4. The van der Waals surface area contributed by atoms with Crippen molar-refractivity contribution in [3.63, 3.8) is 0 Å². The van der Waals surface area contributed by atoms with Gasteiger partial charge in [0.25, 0.3) is 0 Å². The minimum atomic E-state index is -0.460. The van der Waals surface area contributed by atoms with Crippen molar-refractivity contribution in [3.8, 4) is 0 Å². The molecule has 0 aliphatic heterocycles. The highest BCUT2D eigenvalue weighted by atomic mass is 28.2. The summed E-state index contributed by atoms with van der Waals surface area (Å²) < 4.78 is 10.9. The van der Waals surface area contributed by atoms with Crippen molar-refractivity contribution in [3.05, 3.63) is 12.7 Å². The molecule has 0 spiro atoms. The molecule has 0 fully saturated rings. The fourth-order valence-corrected chi connectivity index (χ4v) is 4.05. The SMILES string of the molecule is C=CC(=O)OC(CCC)[SiH2]C(CC)COCC. The monoisotopic (exact) mass is 258 g/mol. The van der Waals surface area contributed by atoms with Crippen molar-refractivity contribution in [1.29, 1.82) is 0 Å². The molecule has 0 aromatic heterocycles. The van der Waals surface area contributed by atoms with Crippen molar-refractivity contribution in [2.24, 2.45) is 0 Å². The van der Waals surface area contributed by atoms with Crippen molar-refractivity contribution >= 4 is 15.5 Å². The second kappa shape index (κ2) is 10.5. The minimum Gasteiger partial charge on any atom is -0.464 e. The maximum Gasteiger partial charge on any atom is 0.330 e. The first-order valence-corrected chi connectivity index (χ1v) is 8.21. The third-order valence-electron chi connectivity index (χ3n) is 2.79. The lowest BCUT2D eigenvalue weighted by molar-refractivity contribution is -0.139. The quantitative estimate of drug-likeness (QED) is 0.342. The van der Waals surface area contributed by atoms with Crippen LogP contribution in [0.4, 0.5) is 0 Å². The van der Waals surface area contributed by atoms with Crippen LogP contribution in [0.1, 0.15) is 40.0 Å². The topological polar surface area (TPSA) is 35.5 Å². The van der Waals surface area contributed by atoms with Crippen molar-refractivity contribution in [1.82, 2.24) is 0 Å². The lowest BCUT2D eigenvalue weighted by Crippen LogP contribution is -2.28. The Hall–Kier alpha value is -0.613. The Morgan fingerprint density at radius 1 is 1.41 bits per heavy atom. The Morgan fingerprint density at radius 3 is 2.59 bits per heavy atom. The summed E-state index contributed by atoms with van der Waals surface area (Å²) in [6, 6.07) is 0. The van der Waals surface area contributed by atoms with Gasteiger partial charge in [-0.3, -0.25) is 0 Å². The summed E-state index contributed by atoms with van der Waals surface area (Å²) in [7, 11) is -0.460. The molecule has 0 rings (SSSR count). The Morgan fingerprint density at radius 2 is 2.12 bits per heavy atom. The van der Waals surface area contributed by atoms with Gasteiger partial charge in [-0.1, -0.05) is 33.3 Å². The van der Waals surface area contributed by atoms with E-state index in [1.54, 1.807) is 0 Å². The maximum absolute atomic E-state index is 11.2. The molecule has 0 saturated heterocycles. The first kappa shape index (κ1) is 16.4. The van der Waals surface area contributed by atoms with Crippen LogP contribution >= 0.6 is 0 Å². The van der Waals surface area contributed by atoms with Crippen LogP contribution in [-0.2, 0) is 14.3 Å². The van der Waals surface area contributed by atoms with E-state index in [0.29, 0.717) is 5.54 Å². The molecule has 0 heterocycles. The van der Waals surface area contributed by atoms with E-state index in [1.807, 2.05) is 6.92 Å². The molecule has 0 aromatic rings. The van der Waals surface area contributed by atoms with Crippen LogP contribution in [0.3, 0.4) is 0 Å². The smallest absolute Gasteiger partial charge is 0.330 e. The maximum atomic E-state index is 11.2. The molecule has 2 atom stereocenters. The zero-order chi connectivity index (χ0) is 13.1. The molecule has 0 amide bonds. The largest absolute Gasteiger partial charge is 0.464 e. The van der Waals surface area contributed by atoms with Crippen molar-refractivity contribution in [2.45, 2.75) is 51.3 Å². The number of carbonyl (C=O) groups excluding carboxylic acids is 1. The van der Waals surface area contributed by atoms with E-state index in [2.05, 4.69) is 20.4 Å². The van der Waals surface area contributed by atoms with E-state index in [0.717, 1.165) is 32.5 Å². The summed E-state index contributed by atoms with van der Waals surface area (Å²) in [5.41, 5.74) is 0.736. The van der Waals surface area contributed by atoms with Gasteiger partial charge in [-0.05, 0) is 18.9 Å². The molecule has 100 valence electrons. The van der Waals surface area contributed by atoms with E-state index in [-0.39, 0.29) is 11.7 Å². The fourth-order valence-electron chi connectivity index (χ4n) is 1.77. The third-order valence-corrected chi connectivity index (χ3v) is 5.37. The lowest BCUT2D eigenvalue weighted by Gasteiger charge is -2.21. The van der Waals surface area contributed by atoms with Gasteiger partial charge < -0.3 is 9.47 Å². The van der Waals surface area contributed by atoms with Crippen molar-refractivity contribution < 1.29 is 14.3 Å². The Kier molecular flexibility index (Phi) is 10.2. The second-order valence-electron chi connectivity index (χ2n) is 4.22. The number of carbonyl (C=O) groups is 1. The minimum absolute atomic E-state index is 0.135. The summed E-state index contributed by atoms with van der Waals surface area (Å²) in [5.74, 6) is -0.290. The van der Waals surface area contributed by atoms with E-state index in [4.69, 9.17) is 9.47 Å². The van der Waals surface area contributed by atoms with Gasteiger partial charge in [0.15, 0.2) is 0 Å². The average Bonchev–Trinajstić information content (AvgIpc) is 2.34. The predicted molar refractivity (Wildman–Crippen MR) is 74.1 cm³/mol. The molecule has 0 N–H and O–H groups in total. The molecule has 2 unspecified atom stereocenters. The van der Waals surface area contributed by atoms with Crippen LogP contribution in [0, 0.1) is 0 Å². The first-order chi connectivity index (χ1) is 8.17. The number of ether oxygens (including phenoxy) is 2. The predicted octanol–water partition coefficient (Wildman–Crippen LogP) is 2.25. The third kappa shape index (κ3) is 8.16. The normalized spacial score (nSPS) is 14.8. The first-order valence-electron chi connectivity index (χ1n) is 6.58. The summed E-state index contributed by atoms with van der Waals surface area (Å²) in [5, 5.41) is 0. The van der Waals surface area contributed by atoms with Crippen molar-refractivity contribution in [2.75, 3.05) is 13.2 Å². The van der Waals surface area contributed by atoms with Gasteiger partial charge in [0.2, 0.25) is 0 Å². The van der Waals surface area contributed by atoms with Crippen LogP contribution in [0.2, 0.25) is 5.54 Å². The molecular formula is C13H26O3Si. The van der Waals surface area contributed by atoms with Gasteiger partial charge in [0, 0.05) is 19.3 Å².